The fourth-order valence-electron chi connectivity index (χ4n) is 2.79. The largest absolute Gasteiger partial charge is 0.466 e. The van der Waals surface area contributed by atoms with Crippen LogP contribution in [-0.2, 0) is 16.5 Å². The molecular weight excluding hydrogens is 353 g/mol. The first-order valence-corrected chi connectivity index (χ1v) is 7.66. The highest BCUT2D eigenvalue weighted by Crippen LogP contribution is 2.33. The van der Waals surface area contributed by atoms with Gasteiger partial charge in [0.15, 0.2) is 5.54 Å². The maximum Gasteiger partial charge on any atom is 0.416 e. The van der Waals surface area contributed by atoms with Gasteiger partial charge in [0.05, 0.1) is 24.5 Å². The molecule has 2 heterocycles. The molecule has 9 heteroatoms. The van der Waals surface area contributed by atoms with Crippen molar-refractivity contribution in [1.29, 1.82) is 0 Å². The molecule has 138 valence electrons. The quantitative estimate of drug-likeness (QED) is 0.813. The summed E-state index contributed by atoms with van der Waals surface area (Å²) in [7, 11) is 0. The van der Waals surface area contributed by atoms with Crippen LogP contribution < -0.4 is 5.32 Å². The Balaban J connectivity index is 1.81. The van der Waals surface area contributed by atoms with E-state index in [1.807, 2.05) is 0 Å². The van der Waals surface area contributed by atoms with Gasteiger partial charge >= 0.3 is 12.2 Å². The van der Waals surface area contributed by atoms with Gasteiger partial charge in [0, 0.05) is 0 Å². The molecule has 0 aliphatic carbocycles. The summed E-state index contributed by atoms with van der Waals surface area (Å²) in [6, 6.07) is 6.42. The second-order valence-corrected chi connectivity index (χ2v) is 6.09. The monoisotopic (exact) mass is 368 g/mol. The Kier molecular flexibility index (Phi) is 4.27. The average molecular weight is 368 g/mol. The Morgan fingerprint density at radius 3 is 2.62 bits per heavy atom. The lowest BCUT2D eigenvalue weighted by atomic mass is 9.99. The molecule has 1 aliphatic rings. The minimum atomic E-state index is -4.56. The van der Waals surface area contributed by atoms with E-state index in [0.29, 0.717) is 0 Å². The molecule has 2 unspecified atom stereocenters. The number of aliphatic hydroxyl groups is 1. The molecule has 2 N–H and O–H groups in total. The molecule has 0 spiro atoms. The number of nitrogens with one attached hydrogen (secondary N) is 1. The van der Waals surface area contributed by atoms with Gasteiger partial charge in [-0.2, -0.15) is 13.2 Å². The zero-order chi connectivity index (χ0) is 19.1. The number of β-amino-alcohol motifs (C(OH)–C–C–N with tert-alkyl or cyclic N) is 1. The number of halogens is 3. The van der Waals surface area contributed by atoms with Crippen LogP contribution in [0.1, 0.15) is 29.9 Å². The summed E-state index contributed by atoms with van der Waals surface area (Å²) >= 11 is 0. The number of carbonyl (C=O) groups is 2. The highest BCUT2D eigenvalue weighted by atomic mass is 19.4. The lowest BCUT2D eigenvalue weighted by Gasteiger charge is -2.21. The molecule has 1 aliphatic heterocycles. The van der Waals surface area contributed by atoms with Crippen LogP contribution in [0.25, 0.3) is 0 Å². The van der Waals surface area contributed by atoms with Crippen LogP contribution >= 0.6 is 0 Å². The van der Waals surface area contributed by atoms with E-state index in [4.69, 9.17) is 4.42 Å². The fraction of sp³-hybridized carbons (Fsp3) is 0.294. The average Bonchev–Trinajstić information content (AvgIpc) is 3.19. The van der Waals surface area contributed by atoms with Crippen molar-refractivity contribution in [3.63, 3.8) is 0 Å². The van der Waals surface area contributed by atoms with Gasteiger partial charge in [-0.15, -0.1) is 0 Å². The Morgan fingerprint density at radius 1 is 1.27 bits per heavy atom. The number of benzene rings is 1. The number of nitrogens with zero attached hydrogens (tertiary/aromatic N) is 1. The predicted molar refractivity (Wildman–Crippen MR) is 82.7 cm³/mol. The van der Waals surface area contributed by atoms with Crippen LogP contribution in [0.15, 0.2) is 47.1 Å². The van der Waals surface area contributed by atoms with E-state index in [1.165, 1.54) is 25.3 Å². The van der Waals surface area contributed by atoms with Crippen LogP contribution in [-0.4, -0.2) is 28.5 Å². The number of furan rings is 1. The number of aliphatic hydroxyl groups excluding tert-OH is 1. The number of rotatable bonds is 4. The summed E-state index contributed by atoms with van der Waals surface area (Å²) in [4.78, 5) is 25.5. The third-order valence-corrected chi connectivity index (χ3v) is 4.24. The first-order chi connectivity index (χ1) is 12.1. The number of urea groups is 1. The second kappa shape index (κ2) is 6.17. The van der Waals surface area contributed by atoms with Gasteiger partial charge in [0.1, 0.15) is 5.76 Å². The van der Waals surface area contributed by atoms with E-state index >= 15 is 0 Å². The van der Waals surface area contributed by atoms with E-state index < -0.39 is 41.9 Å². The van der Waals surface area contributed by atoms with E-state index in [2.05, 4.69) is 5.32 Å². The standard InChI is InChI=1S/C17H15F3N2O4/c1-16(13-6-3-7-26-13)14(24)22(15(25)21-16)9-12(23)10-4-2-5-11(8-10)17(18,19)20/h2-8,12,23H,9H2,1H3,(H,21,25). The van der Waals surface area contributed by atoms with Crippen LogP contribution in [0, 0.1) is 0 Å². The van der Waals surface area contributed by atoms with Gasteiger partial charge in [-0.1, -0.05) is 12.1 Å². The van der Waals surface area contributed by atoms with E-state index in [9.17, 15) is 27.9 Å². The minimum absolute atomic E-state index is 0.0490. The van der Waals surface area contributed by atoms with Crippen molar-refractivity contribution in [2.24, 2.45) is 0 Å². The van der Waals surface area contributed by atoms with E-state index in [0.717, 1.165) is 23.1 Å². The summed E-state index contributed by atoms with van der Waals surface area (Å²) in [5, 5.41) is 12.7. The van der Waals surface area contributed by atoms with Gasteiger partial charge in [-0.3, -0.25) is 9.69 Å². The normalized spacial score (nSPS) is 21.8. The third-order valence-electron chi connectivity index (χ3n) is 4.24. The van der Waals surface area contributed by atoms with E-state index in [-0.39, 0.29) is 11.3 Å². The van der Waals surface area contributed by atoms with Crippen LogP contribution in [0.5, 0.6) is 0 Å². The lowest BCUT2D eigenvalue weighted by molar-refractivity contribution is -0.138. The zero-order valence-electron chi connectivity index (χ0n) is 13.6. The highest BCUT2D eigenvalue weighted by Gasteiger charge is 2.51. The van der Waals surface area contributed by atoms with Gasteiger partial charge in [0.25, 0.3) is 5.91 Å². The number of hydrogen-bond acceptors (Lipinski definition) is 4. The van der Waals surface area contributed by atoms with Crippen molar-refractivity contribution in [2.75, 3.05) is 6.54 Å². The summed E-state index contributed by atoms with van der Waals surface area (Å²) in [6.07, 6.45) is -4.68. The summed E-state index contributed by atoms with van der Waals surface area (Å²) in [6.45, 7) is 0.963. The minimum Gasteiger partial charge on any atom is -0.466 e. The van der Waals surface area contributed by atoms with Gasteiger partial charge in [-0.25, -0.2) is 4.79 Å². The van der Waals surface area contributed by atoms with E-state index in [1.54, 1.807) is 6.07 Å². The highest BCUT2D eigenvalue weighted by molar-refractivity contribution is 6.06. The topological polar surface area (TPSA) is 82.8 Å². The van der Waals surface area contributed by atoms with Crippen LogP contribution in [0.4, 0.5) is 18.0 Å². The van der Waals surface area contributed by atoms with Crippen molar-refractivity contribution >= 4 is 11.9 Å². The fourth-order valence-corrected chi connectivity index (χ4v) is 2.79. The maximum absolute atomic E-state index is 12.8. The predicted octanol–water partition coefficient (Wildman–Crippen LogP) is 2.80. The first kappa shape index (κ1) is 18.0. The molecule has 1 fully saturated rings. The molecule has 2 atom stereocenters. The second-order valence-electron chi connectivity index (χ2n) is 6.09. The Morgan fingerprint density at radius 2 is 2.00 bits per heavy atom. The molecule has 0 radical (unpaired) electrons. The number of imide groups is 1. The molecule has 1 saturated heterocycles. The molecule has 26 heavy (non-hydrogen) atoms. The molecule has 0 saturated carbocycles. The van der Waals surface area contributed by atoms with Crippen molar-refractivity contribution in [3.05, 3.63) is 59.5 Å². The first-order valence-electron chi connectivity index (χ1n) is 7.66. The third kappa shape index (κ3) is 3.05. The Labute approximate surface area is 146 Å². The van der Waals surface area contributed by atoms with Crippen molar-refractivity contribution in [2.45, 2.75) is 24.7 Å². The van der Waals surface area contributed by atoms with Gasteiger partial charge in [0.2, 0.25) is 0 Å². The molecular formula is C17H15F3N2O4. The van der Waals surface area contributed by atoms with Crippen molar-refractivity contribution in [1.82, 2.24) is 10.2 Å². The zero-order valence-corrected chi connectivity index (χ0v) is 13.6. The Bertz CT molecular complexity index is 835. The molecule has 3 rings (SSSR count). The molecule has 1 aromatic carbocycles. The van der Waals surface area contributed by atoms with Gasteiger partial charge < -0.3 is 14.8 Å². The molecule has 0 bridgehead atoms. The SMILES string of the molecule is CC1(c2ccco2)NC(=O)N(CC(O)c2cccc(C(F)(F)F)c2)C1=O. The van der Waals surface area contributed by atoms with Crippen molar-refractivity contribution < 1.29 is 32.3 Å². The van der Waals surface area contributed by atoms with Gasteiger partial charge in [-0.05, 0) is 36.8 Å². The number of amides is 3. The van der Waals surface area contributed by atoms with Crippen LogP contribution in [0.2, 0.25) is 0 Å². The number of alkyl halides is 3. The summed E-state index contributed by atoms with van der Waals surface area (Å²) in [5.74, 6) is -0.449. The molecule has 3 amide bonds. The maximum atomic E-state index is 12.8. The number of carbonyl (C=O) groups excluding carboxylic acids is 2. The van der Waals surface area contributed by atoms with Crippen LogP contribution in [0.3, 0.4) is 0 Å². The summed E-state index contributed by atoms with van der Waals surface area (Å²) in [5.41, 5.74) is -2.41. The lowest BCUT2D eigenvalue weighted by Crippen LogP contribution is -2.41. The molecule has 6 nitrogen and oxygen atoms in total. The smallest absolute Gasteiger partial charge is 0.416 e. The van der Waals surface area contributed by atoms with Crippen molar-refractivity contribution in [3.8, 4) is 0 Å². The number of hydrogen-bond donors (Lipinski definition) is 2. The molecule has 1 aromatic heterocycles. The molecule has 2 aromatic rings. The Hall–Kier alpha value is -2.81. The summed E-state index contributed by atoms with van der Waals surface area (Å²) < 4.78 is 43.6.